The van der Waals surface area contributed by atoms with Crippen LogP contribution in [0, 0.1) is 5.92 Å². The summed E-state index contributed by atoms with van der Waals surface area (Å²) in [6, 6.07) is 0.746. The zero-order valence-electron chi connectivity index (χ0n) is 16.2. The Labute approximate surface area is 158 Å². The van der Waals surface area contributed by atoms with Crippen LogP contribution in [0.1, 0.15) is 70.6 Å². The Hall–Kier alpha value is -1.10. The molecule has 26 heavy (non-hydrogen) atoms. The molecule has 0 aromatic rings. The standard InChI is InChI=1S/C21H35N3O2/c25-20(22-12-5-6-13-22)17-10-15-23(16-11-17)21(26)19-9-3-4-14-24(19)18-7-1-2-8-18/h17-19H,1-16H2. The van der Waals surface area contributed by atoms with Gasteiger partial charge in [0.2, 0.25) is 11.8 Å². The highest BCUT2D eigenvalue weighted by Crippen LogP contribution is 2.31. The lowest BCUT2D eigenvalue weighted by atomic mass is 9.93. The minimum absolute atomic E-state index is 0.109. The Morgan fingerprint density at radius 1 is 0.577 bits per heavy atom. The molecule has 3 saturated heterocycles. The van der Waals surface area contributed by atoms with E-state index in [4.69, 9.17) is 0 Å². The fourth-order valence-corrected chi connectivity index (χ4v) is 5.65. The van der Waals surface area contributed by atoms with Gasteiger partial charge < -0.3 is 9.80 Å². The lowest BCUT2D eigenvalue weighted by Crippen LogP contribution is -2.55. The fraction of sp³-hybridized carbons (Fsp3) is 0.905. The quantitative estimate of drug-likeness (QED) is 0.776. The second-order valence-electron chi connectivity index (χ2n) is 8.82. The minimum Gasteiger partial charge on any atom is -0.342 e. The van der Waals surface area contributed by atoms with Gasteiger partial charge in [0.25, 0.3) is 0 Å². The maximum Gasteiger partial charge on any atom is 0.239 e. The number of carbonyl (C=O) groups is 2. The van der Waals surface area contributed by atoms with Crippen molar-refractivity contribution in [1.82, 2.24) is 14.7 Å². The summed E-state index contributed by atoms with van der Waals surface area (Å²) in [5, 5.41) is 0. The van der Waals surface area contributed by atoms with Gasteiger partial charge >= 0.3 is 0 Å². The molecule has 4 fully saturated rings. The van der Waals surface area contributed by atoms with E-state index in [-0.39, 0.29) is 12.0 Å². The van der Waals surface area contributed by atoms with Crippen molar-refractivity contribution in [3.63, 3.8) is 0 Å². The van der Waals surface area contributed by atoms with Crippen molar-refractivity contribution < 1.29 is 9.59 Å². The smallest absolute Gasteiger partial charge is 0.239 e. The van der Waals surface area contributed by atoms with Gasteiger partial charge in [0.15, 0.2) is 0 Å². The summed E-state index contributed by atoms with van der Waals surface area (Å²) in [4.78, 5) is 32.5. The Bertz CT molecular complexity index is 503. The summed E-state index contributed by atoms with van der Waals surface area (Å²) in [5.41, 5.74) is 0. The van der Waals surface area contributed by atoms with Gasteiger partial charge in [0.05, 0.1) is 6.04 Å². The summed E-state index contributed by atoms with van der Waals surface area (Å²) in [7, 11) is 0. The second kappa shape index (κ2) is 8.28. The van der Waals surface area contributed by atoms with E-state index in [1.807, 2.05) is 4.90 Å². The first-order valence-corrected chi connectivity index (χ1v) is 11.1. The zero-order valence-corrected chi connectivity index (χ0v) is 16.2. The van der Waals surface area contributed by atoms with Crippen molar-refractivity contribution in [2.24, 2.45) is 5.92 Å². The number of hydrogen-bond acceptors (Lipinski definition) is 3. The molecule has 5 nitrogen and oxygen atoms in total. The molecule has 2 amide bonds. The Balaban J connectivity index is 1.32. The average Bonchev–Trinajstić information content (AvgIpc) is 3.41. The third kappa shape index (κ3) is 3.78. The molecular weight excluding hydrogens is 326 g/mol. The van der Waals surface area contributed by atoms with E-state index >= 15 is 0 Å². The van der Waals surface area contributed by atoms with E-state index in [2.05, 4.69) is 9.80 Å². The van der Waals surface area contributed by atoms with Crippen LogP contribution in [0.2, 0.25) is 0 Å². The Kier molecular flexibility index (Phi) is 5.82. The van der Waals surface area contributed by atoms with Crippen molar-refractivity contribution in [2.45, 2.75) is 82.7 Å². The summed E-state index contributed by atoms with van der Waals surface area (Å²) < 4.78 is 0. The van der Waals surface area contributed by atoms with Crippen LogP contribution in [0.3, 0.4) is 0 Å². The molecule has 4 aliphatic rings. The van der Waals surface area contributed by atoms with Crippen molar-refractivity contribution in [2.75, 3.05) is 32.7 Å². The molecule has 1 atom stereocenters. The largest absolute Gasteiger partial charge is 0.342 e. The molecule has 0 N–H and O–H groups in total. The van der Waals surface area contributed by atoms with E-state index in [0.29, 0.717) is 17.9 Å². The van der Waals surface area contributed by atoms with Gasteiger partial charge in [-0.15, -0.1) is 0 Å². The van der Waals surface area contributed by atoms with Crippen LogP contribution in [0.15, 0.2) is 0 Å². The summed E-state index contributed by atoms with van der Waals surface area (Å²) in [6.45, 7) is 4.54. The zero-order chi connectivity index (χ0) is 17.9. The molecule has 0 radical (unpaired) electrons. The van der Waals surface area contributed by atoms with Crippen molar-refractivity contribution in [3.8, 4) is 0 Å². The predicted octanol–water partition coefficient (Wildman–Crippen LogP) is 2.64. The average molecular weight is 362 g/mol. The number of nitrogens with zero attached hydrogens (tertiary/aromatic N) is 3. The number of likely N-dealkylation sites (tertiary alicyclic amines) is 3. The van der Waals surface area contributed by atoms with Crippen molar-refractivity contribution in [3.05, 3.63) is 0 Å². The van der Waals surface area contributed by atoms with Gasteiger partial charge in [-0.2, -0.15) is 0 Å². The van der Waals surface area contributed by atoms with E-state index in [0.717, 1.165) is 64.8 Å². The maximum atomic E-state index is 13.2. The molecule has 0 aromatic carbocycles. The van der Waals surface area contributed by atoms with E-state index in [1.165, 1.54) is 38.5 Å². The van der Waals surface area contributed by atoms with Gasteiger partial charge in [0.1, 0.15) is 0 Å². The van der Waals surface area contributed by atoms with E-state index in [9.17, 15) is 9.59 Å². The molecule has 4 rings (SSSR count). The third-order valence-corrected chi connectivity index (χ3v) is 7.20. The molecule has 1 saturated carbocycles. The van der Waals surface area contributed by atoms with Crippen molar-refractivity contribution in [1.29, 1.82) is 0 Å². The van der Waals surface area contributed by atoms with Gasteiger partial charge in [-0.3, -0.25) is 14.5 Å². The summed E-state index contributed by atoms with van der Waals surface area (Å²) in [6.07, 6.45) is 12.7. The van der Waals surface area contributed by atoms with Gasteiger partial charge in [-0.25, -0.2) is 0 Å². The van der Waals surface area contributed by atoms with Crippen molar-refractivity contribution >= 4 is 11.8 Å². The molecule has 146 valence electrons. The predicted molar refractivity (Wildman–Crippen MR) is 102 cm³/mol. The fourth-order valence-electron chi connectivity index (χ4n) is 5.65. The topological polar surface area (TPSA) is 43.9 Å². The van der Waals surface area contributed by atoms with Crippen LogP contribution >= 0.6 is 0 Å². The normalized spacial score (nSPS) is 29.5. The SMILES string of the molecule is O=C(C1CCN(C(=O)C2CCCCN2C2CCCC2)CC1)N1CCCC1. The molecule has 0 bridgehead atoms. The molecule has 0 spiro atoms. The first-order valence-electron chi connectivity index (χ1n) is 11.1. The molecule has 3 aliphatic heterocycles. The number of carbonyl (C=O) groups excluding carboxylic acids is 2. The van der Waals surface area contributed by atoms with Crippen LogP contribution in [0.4, 0.5) is 0 Å². The number of amides is 2. The Morgan fingerprint density at radius 2 is 1.15 bits per heavy atom. The van der Waals surface area contributed by atoms with Gasteiger partial charge in [-0.05, 0) is 57.9 Å². The maximum absolute atomic E-state index is 13.2. The molecule has 1 aliphatic carbocycles. The first kappa shape index (κ1) is 18.3. The van der Waals surface area contributed by atoms with Crippen LogP contribution < -0.4 is 0 Å². The summed E-state index contributed by atoms with van der Waals surface area (Å²) in [5.74, 6) is 0.845. The highest BCUT2D eigenvalue weighted by Gasteiger charge is 2.38. The van der Waals surface area contributed by atoms with E-state index in [1.54, 1.807) is 0 Å². The first-order chi connectivity index (χ1) is 12.7. The van der Waals surface area contributed by atoms with Crippen LogP contribution in [0.5, 0.6) is 0 Å². The highest BCUT2D eigenvalue weighted by atomic mass is 16.2. The highest BCUT2D eigenvalue weighted by molar-refractivity contribution is 5.83. The van der Waals surface area contributed by atoms with Crippen LogP contribution in [-0.2, 0) is 9.59 Å². The second-order valence-corrected chi connectivity index (χ2v) is 8.82. The summed E-state index contributed by atoms with van der Waals surface area (Å²) >= 11 is 0. The monoisotopic (exact) mass is 361 g/mol. The number of rotatable bonds is 3. The minimum atomic E-state index is 0.109. The molecule has 1 unspecified atom stereocenters. The lowest BCUT2D eigenvalue weighted by Gasteiger charge is -2.42. The van der Waals surface area contributed by atoms with Gasteiger partial charge in [-0.1, -0.05) is 19.3 Å². The van der Waals surface area contributed by atoms with Crippen LogP contribution in [-0.4, -0.2) is 71.3 Å². The molecule has 5 heteroatoms. The number of hydrogen-bond donors (Lipinski definition) is 0. The number of piperidine rings is 2. The molecule has 3 heterocycles. The molecular formula is C21H35N3O2. The van der Waals surface area contributed by atoms with Crippen LogP contribution in [0.25, 0.3) is 0 Å². The lowest BCUT2D eigenvalue weighted by molar-refractivity contribution is -0.144. The Morgan fingerprint density at radius 3 is 1.85 bits per heavy atom. The van der Waals surface area contributed by atoms with E-state index < -0.39 is 0 Å². The molecule has 0 aromatic heterocycles. The van der Waals surface area contributed by atoms with Gasteiger partial charge in [0, 0.05) is 38.1 Å². The third-order valence-electron chi connectivity index (χ3n) is 7.20.